The van der Waals surface area contributed by atoms with Gasteiger partial charge in [0, 0.05) is 25.6 Å². The van der Waals surface area contributed by atoms with Gasteiger partial charge in [0.1, 0.15) is 12.4 Å². The highest BCUT2D eigenvalue weighted by Gasteiger charge is 2.14. The minimum Gasteiger partial charge on any atom is -0.357 e. The third kappa shape index (κ3) is 7.80. The SMILES string of the molecule is CCCCCCC(C)NC(=NCc1nnc2n1CCCCC2)NCC.I. The summed E-state index contributed by atoms with van der Waals surface area (Å²) >= 11 is 0. The first-order valence-corrected chi connectivity index (χ1v) is 10.2. The predicted molar refractivity (Wildman–Crippen MR) is 119 cm³/mol. The van der Waals surface area contributed by atoms with Gasteiger partial charge in [0.05, 0.1) is 0 Å². The van der Waals surface area contributed by atoms with Crippen LogP contribution in [0.2, 0.25) is 0 Å². The van der Waals surface area contributed by atoms with Gasteiger partial charge in [0.25, 0.3) is 0 Å². The van der Waals surface area contributed by atoms with Gasteiger partial charge in [-0.25, -0.2) is 4.99 Å². The van der Waals surface area contributed by atoms with Crippen molar-refractivity contribution >= 4 is 29.9 Å². The molecule has 0 fully saturated rings. The van der Waals surface area contributed by atoms with Crippen LogP contribution < -0.4 is 10.6 Å². The Bertz CT molecular complexity index is 528. The van der Waals surface area contributed by atoms with Crippen LogP contribution in [0.3, 0.4) is 0 Å². The Kier molecular flexibility index (Phi) is 11.9. The first kappa shape index (κ1) is 23.2. The highest BCUT2D eigenvalue weighted by atomic mass is 127. The number of aliphatic imine (C=N–C) groups is 1. The fraction of sp³-hybridized carbons (Fsp3) is 0.842. The van der Waals surface area contributed by atoms with E-state index in [1.54, 1.807) is 0 Å². The number of halogens is 1. The fourth-order valence-corrected chi connectivity index (χ4v) is 3.31. The van der Waals surface area contributed by atoms with E-state index in [0.29, 0.717) is 12.6 Å². The van der Waals surface area contributed by atoms with Gasteiger partial charge in [-0.2, -0.15) is 0 Å². The van der Waals surface area contributed by atoms with E-state index >= 15 is 0 Å². The number of aromatic nitrogens is 3. The summed E-state index contributed by atoms with van der Waals surface area (Å²) in [5, 5.41) is 15.6. The van der Waals surface area contributed by atoms with Crippen molar-refractivity contribution in [2.75, 3.05) is 6.54 Å². The Morgan fingerprint density at radius 3 is 2.77 bits per heavy atom. The molecule has 7 heteroatoms. The molecule has 1 atom stereocenters. The minimum absolute atomic E-state index is 0. The van der Waals surface area contributed by atoms with E-state index in [-0.39, 0.29) is 24.0 Å². The average molecular weight is 476 g/mol. The van der Waals surface area contributed by atoms with Crippen LogP contribution in [0, 0.1) is 0 Å². The summed E-state index contributed by atoms with van der Waals surface area (Å²) in [6.07, 6.45) is 11.2. The van der Waals surface area contributed by atoms with Crippen molar-refractivity contribution in [2.45, 2.75) is 97.7 Å². The van der Waals surface area contributed by atoms with E-state index in [1.807, 2.05) is 0 Å². The van der Waals surface area contributed by atoms with E-state index in [4.69, 9.17) is 4.99 Å². The molecule has 1 aromatic rings. The summed E-state index contributed by atoms with van der Waals surface area (Å²) in [6.45, 7) is 9.08. The zero-order chi connectivity index (χ0) is 17.9. The third-order valence-corrected chi connectivity index (χ3v) is 4.78. The molecule has 6 nitrogen and oxygen atoms in total. The highest BCUT2D eigenvalue weighted by molar-refractivity contribution is 14.0. The maximum Gasteiger partial charge on any atom is 0.191 e. The summed E-state index contributed by atoms with van der Waals surface area (Å²) in [7, 11) is 0. The van der Waals surface area contributed by atoms with Crippen molar-refractivity contribution in [1.82, 2.24) is 25.4 Å². The molecule has 0 radical (unpaired) electrons. The highest BCUT2D eigenvalue weighted by Crippen LogP contribution is 2.14. The topological polar surface area (TPSA) is 67.1 Å². The van der Waals surface area contributed by atoms with Crippen LogP contribution in [-0.4, -0.2) is 33.3 Å². The molecule has 0 amide bonds. The molecule has 2 rings (SSSR count). The van der Waals surface area contributed by atoms with Gasteiger partial charge < -0.3 is 15.2 Å². The Hall–Kier alpha value is -0.860. The molecule has 0 spiro atoms. The van der Waals surface area contributed by atoms with E-state index in [0.717, 1.165) is 37.1 Å². The second-order valence-corrected chi connectivity index (χ2v) is 7.08. The lowest BCUT2D eigenvalue weighted by atomic mass is 10.1. The van der Waals surface area contributed by atoms with Crippen LogP contribution in [0.1, 0.15) is 83.8 Å². The molecule has 150 valence electrons. The Morgan fingerprint density at radius 2 is 2.00 bits per heavy atom. The van der Waals surface area contributed by atoms with E-state index in [2.05, 4.69) is 46.2 Å². The molecule has 0 aromatic carbocycles. The number of hydrogen-bond donors (Lipinski definition) is 2. The van der Waals surface area contributed by atoms with Crippen molar-refractivity contribution < 1.29 is 0 Å². The molecule has 2 N–H and O–H groups in total. The van der Waals surface area contributed by atoms with Gasteiger partial charge in [-0.3, -0.25) is 0 Å². The van der Waals surface area contributed by atoms with Crippen molar-refractivity contribution in [1.29, 1.82) is 0 Å². The second-order valence-electron chi connectivity index (χ2n) is 7.08. The van der Waals surface area contributed by atoms with Crippen molar-refractivity contribution in [2.24, 2.45) is 4.99 Å². The quantitative estimate of drug-likeness (QED) is 0.244. The number of nitrogens with one attached hydrogen (secondary N) is 2. The number of rotatable bonds is 9. The van der Waals surface area contributed by atoms with Crippen LogP contribution in [0.4, 0.5) is 0 Å². The number of unbranched alkanes of at least 4 members (excludes halogenated alkanes) is 3. The Morgan fingerprint density at radius 1 is 1.15 bits per heavy atom. The van der Waals surface area contributed by atoms with E-state index in [1.165, 1.54) is 51.4 Å². The molecule has 1 aromatic heterocycles. The van der Waals surface area contributed by atoms with Gasteiger partial charge in [0.15, 0.2) is 11.8 Å². The van der Waals surface area contributed by atoms with Gasteiger partial charge in [0.2, 0.25) is 0 Å². The van der Waals surface area contributed by atoms with Crippen LogP contribution in [0.25, 0.3) is 0 Å². The summed E-state index contributed by atoms with van der Waals surface area (Å²) in [6, 6.07) is 0.435. The largest absolute Gasteiger partial charge is 0.357 e. The maximum atomic E-state index is 4.75. The maximum absolute atomic E-state index is 4.75. The standard InChI is InChI=1S/C19H36N6.HI/c1-4-6-7-9-12-16(3)22-19(20-5-2)21-15-18-24-23-17-13-10-8-11-14-25(17)18;/h16H,4-15H2,1-3H3,(H2,20,21,22);1H. The van der Waals surface area contributed by atoms with Crippen molar-refractivity contribution in [3.05, 3.63) is 11.6 Å². The Labute approximate surface area is 176 Å². The minimum atomic E-state index is 0. The van der Waals surface area contributed by atoms with Gasteiger partial charge in [-0.05, 0) is 33.1 Å². The molecular formula is C19H37IN6. The predicted octanol–water partition coefficient (Wildman–Crippen LogP) is 4.04. The lowest BCUT2D eigenvalue weighted by Gasteiger charge is -2.17. The zero-order valence-electron chi connectivity index (χ0n) is 16.8. The fourth-order valence-electron chi connectivity index (χ4n) is 3.31. The van der Waals surface area contributed by atoms with E-state index < -0.39 is 0 Å². The van der Waals surface area contributed by atoms with Crippen LogP contribution in [0.5, 0.6) is 0 Å². The van der Waals surface area contributed by atoms with Crippen LogP contribution in [0.15, 0.2) is 4.99 Å². The lowest BCUT2D eigenvalue weighted by Crippen LogP contribution is -2.42. The average Bonchev–Trinajstić information content (AvgIpc) is 2.83. The number of nitrogens with zero attached hydrogens (tertiary/aromatic N) is 4. The zero-order valence-corrected chi connectivity index (χ0v) is 19.1. The third-order valence-electron chi connectivity index (χ3n) is 4.78. The molecule has 2 heterocycles. The van der Waals surface area contributed by atoms with Crippen molar-refractivity contribution in [3.63, 3.8) is 0 Å². The number of hydrogen-bond acceptors (Lipinski definition) is 3. The number of guanidine groups is 1. The lowest BCUT2D eigenvalue weighted by molar-refractivity contribution is 0.536. The first-order valence-electron chi connectivity index (χ1n) is 10.2. The number of aryl methyl sites for hydroxylation is 1. The van der Waals surface area contributed by atoms with Gasteiger partial charge in [-0.1, -0.05) is 39.0 Å². The summed E-state index contributed by atoms with van der Waals surface area (Å²) in [5.41, 5.74) is 0. The monoisotopic (exact) mass is 476 g/mol. The molecule has 1 aliphatic heterocycles. The molecule has 0 bridgehead atoms. The molecular weight excluding hydrogens is 439 g/mol. The molecule has 26 heavy (non-hydrogen) atoms. The number of fused-ring (bicyclic) bond motifs is 1. The summed E-state index contributed by atoms with van der Waals surface area (Å²) in [5.74, 6) is 3.01. The van der Waals surface area contributed by atoms with Gasteiger partial charge in [-0.15, -0.1) is 34.2 Å². The molecule has 0 saturated carbocycles. The summed E-state index contributed by atoms with van der Waals surface area (Å²) < 4.78 is 2.27. The van der Waals surface area contributed by atoms with E-state index in [9.17, 15) is 0 Å². The smallest absolute Gasteiger partial charge is 0.191 e. The van der Waals surface area contributed by atoms with Crippen LogP contribution >= 0.6 is 24.0 Å². The molecule has 0 saturated heterocycles. The molecule has 1 unspecified atom stereocenters. The second kappa shape index (κ2) is 13.3. The Balaban J connectivity index is 0.00000338. The van der Waals surface area contributed by atoms with Crippen LogP contribution in [-0.2, 0) is 19.5 Å². The summed E-state index contributed by atoms with van der Waals surface area (Å²) in [4.78, 5) is 4.75. The normalized spacial score (nSPS) is 15.6. The van der Waals surface area contributed by atoms with Crippen molar-refractivity contribution in [3.8, 4) is 0 Å². The molecule has 1 aliphatic rings. The molecule has 0 aliphatic carbocycles. The van der Waals surface area contributed by atoms with Gasteiger partial charge >= 0.3 is 0 Å². The first-order chi connectivity index (χ1) is 12.2.